The number of rotatable bonds is 7. The van der Waals surface area contributed by atoms with Gasteiger partial charge in [0.1, 0.15) is 11.5 Å². The predicted octanol–water partition coefficient (Wildman–Crippen LogP) is 1.39. The van der Waals surface area contributed by atoms with Crippen LogP contribution in [-0.4, -0.2) is 34.9 Å². The van der Waals surface area contributed by atoms with Crippen LogP contribution in [0.4, 0.5) is 0 Å². The Morgan fingerprint density at radius 2 is 1.72 bits per heavy atom. The maximum absolute atomic E-state index is 10.6. The van der Waals surface area contributed by atoms with E-state index >= 15 is 0 Å². The minimum absolute atomic E-state index is 0.0751. The van der Waals surface area contributed by atoms with E-state index in [4.69, 9.17) is 19.7 Å². The van der Waals surface area contributed by atoms with Crippen molar-refractivity contribution in [1.82, 2.24) is 0 Å². The molecule has 0 saturated heterocycles. The maximum Gasteiger partial charge on any atom is 0.344 e. The van der Waals surface area contributed by atoms with Crippen LogP contribution in [0.1, 0.15) is 13.3 Å². The van der Waals surface area contributed by atoms with Crippen molar-refractivity contribution in [1.29, 1.82) is 0 Å². The van der Waals surface area contributed by atoms with Crippen LogP contribution in [-0.2, 0) is 9.59 Å². The third kappa shape index (κ3) is 4.73. The number of benzene rings is 1. The van der Waals surface area contributed by atoms with E-state index in [1.165, 1.54) is 6.92 Å². The maximum atomic E-state index is 10.6. The Labute approximate surface area is 104 Å². The van der Waals surface area contributed by atoms with Crippen molar-refractivity contribution in [3.63, 3.8) is 0 Å². The lowest BCUT2D eigenvalue weighted by atomic mass is 10.3. The Kier molecular flexibility index (Phi) is 4.98. The highest BCUT2D eigenvalue weighted by Gasteiger charge is 2.12. The van der Waals surface area contributed by atoms with Crippen LogP contribution in [0.5, 0.6) is 11.5 Å². The summed E-state index contributed by atoms with van der Waals surface area (Å²) in [5, 5.41) is 17.1. The fourth-order valence-electron chi connectivity index (χ4n) is 1.13. The van der Waals surface area contributed by atoms with E-state index in [9.17, 15) is 9.59 Å². The minimum atomic E-state index is -1.04. The van der Waals surface area contributed by atoms with Gasteiger partial charge in [-0.3, -0.25) is 4.79 Å². The van der Waals surface area contributed by atoms with Gasteiger partial charge in [-0.25, -0.2) is 4.79 Å². The third-order valence-electron chi connectivity index (χ3n) is 2.07. The molecule has 1 unspecified atom stereocenters. The predicted molar refractivity (Wildman–Crippen MR) is 61.9 cm³/mol. The second-order valence-corrected chi connectivity index (χ2v) is 3.56. The Hall–Kier alpha value is -2.24. The molecule has 0 radical (unpaired) electrons. The highest BCUT2D eigenvalue weighted by atomic mass is 16.5. The summed E-state index contributed by atoms with van der Waals surface area (Å²) in [7, 11) is 0. The molecule has 0 spiro atoms. The minimum Gasteiger partial charge on any atom is -0.493 e. The lowest BCUT2D eigenvalue weighted by Crippen LogP contribution is -2.22. The fourth-order valence-corrected chi connectivity index (χ4v) is 1.13. The molecule has 6 nitrogen and oxygen atoms in total. The van der Waals surface area contributed by atoms with Crippen LogP contribution in [0.3, 0.4) is 0 Å². The lowest BCUT2D eigenvalue weighted by molar-refractivity contribution is -0.144. The molecule has 0 aliphatic rings. The largest absolute Gasteiger partial charge is 0.493 e. The Balaban J connectivity index is 2.47. The molecular formula is C12H14O6. The number of hydrogen-bond donors (Lipinski definition) is 2. The van der Waals surface area contributed by atoms with Gasteiger partial charge in [-0.1, -0.05) is 0 Å². The Morgan fingerprint density at radius 1 is 1.17 bits per heavy atom. The number of aliphatic carboxylic acids is 2. The quantitative estimate of drug-likeness (QED) is 0.763. The molecule has 2 N–H and O–H groups in total. The highest BCUT2D eigenvalue weighted by molar-refractivity contribution is 5.72. The van der Waals surface area contributed by atoms with Gasteiger partial charge in [-0.05, 0) is 31.2 Å². The summed E-state index contributed by atoms with van der Waals surface area (Å²) in [6.45, 7) is 1.51. The second kappa shape index (κ2) is 6.48. The molecule has 1 aromatic rings. The SMILES string of the molecule is CC(Oc1ccc(OCCC(=O)O)cc1)C(=O)O. The third-order valence-corrected chi connectivity index (χ3v) is 2.07. The Morgan fingerprint density at radius 3 is 2.22 bits per heavy atom. The zero-order chi connectivity index (χ0) is 13.5. The van der Waals surface area contributed by atoms with Crippen molar-refractivity contribution >= 4 is 11.9 Å². The molecule has 0 aliphatic heterocycles. The fraction of sp³-hybridized carbons (Fsp3) is 0.333. The average molecular weight is 254 g/mol. The normalized spacial score (nSPS) is 11.6. The number of carboxylic acids is 2. The van der Waals surface area contributed by atoms with Gasteiger partial charge in [-0.15, -0.1) is 0 Å². The smallest absolute Gasteiger partial charge is 0.344 e. The van der Waals surface area contributed by atoms with Crippen molar-refractivity contribution in [2.24, 2.45) is 0 Å². The van der Waals surface area contributed by atoms with Crippen LogP contribution in [0.25, 0.3) is 0 Å². The monoisotopic (exact) mass is 254 g/mol. The molecule has 6 heteroatoms. The molecule has 1 aromatic carbocycles. The number of carbonyl (C=O) groups is 2. The van der Waals surface area contributed by atoms with E-state index in [1.54, 1.807) is 24.3 Å². The topological polar surface area (TPSA) is 93.1 Å². The molecular weight excluding hydrogens is 240 g/mol. The summed E-state index contributed by atoms with van der Waals surface area (Å²) in [4.78, 5) is 20.8. The van der Waals surface area contributed by atoms with Crippen LogP contribution in [0.2, 0.25) is 0 Å². The molecule has 0 aromatic heterocycles. The van der Waals surface area contributed by atoms with Crippen LogP contribution in [0, 0.1) is 0 Å². The molecule has 0 saturated carbocycles. The summed E-state index contributed by atoms with van der Waals surface area (Å²) >= 11 is 0. The molecule has 0 bridgehead atoms. The molecule has 0 amide bonds. The standard InChI is InChI=1S/C12H14O6/c1-8(12(15)16)18-10-4-2-9(3-5-10)17-7-6-11(13)14/h2-5,8H,6-7H2,1H3,(H,13,14)(H,15,16). The second-order valence-electron chi connectivity index (χ2n) is 3.56. The van der Waals surface area contributed by atoms with Crippen molar-refractivity contribution in [2.45, 2.75) is 19.4 Å². The van der Waals surface area contributed by atoms with E-state index in [2.05, 4.69) is 0 Å². The van der Waals surface area contributed by atoms with Crippen molar-refractivity contribution in [3.8, 4) is 11.5 Å². The van der Waals surface area contributed by atoms with E-state index < -0.39 is 18.0 Å². The lowest BCUT2D eigenvalue weighted by Gasteiger charge is -2.11. The van der Waals surface area contributed by atoms with Gasteiger partial charge in [0, 0.05) is 0 Å². The van der Waals surface area contributed by atoms with Gasteiger partial charge in [0.25, 0.3) is 0 Å². The Bertz CT molecular complexity index is 411. The van der Waals surface area contributed by atoms with Gasteiger partial charge in [-0.2, -0.15) is 0 Å². The first-order chi connectivity index (χ1) is 8.49. The average Bonchev–Trinajstić information content (AvgIpc) is 2.30. The van der Waals surface area contributed by atoms with Crippen molar-refractivity contribution in [2.75, 3.05) is 6.61 Å². The van der Waals surface area contributed by atoms with E-state index in [-0.39, 0.29) is 13.0 Å². The van der Waals surface area contributed by atoms with E-state index in [0.29, 0.717) is 11.5 Å². The summed E-state index contributed by atoms with van der Waals surface area (Å²) in [5.74, 6) is -1.05. The van der Waals surface area contributed by atoms with Crippen LogP contribution in [0.15, 0.2) is 24.3 Å². The van der Waals surface area contributed by atoms with E-state index in [0.717, 1.165) is 0 Å². The first kappa shape index (κ1) is 13.8. The van der Waals surface area contributed by atoms with Crippen LogP contribution < -0.4 is 9.47 Å². The highest BCUT2D eigenvalue weighted by Crippen LogP contribution is 2.18. The van der Waals surface area contributed by atoms with Gasteiger partial charge >= 0.3 is 11.9 Å². The molecule has 0 heterocycles. The van der Waals surface area contributed by atoms with E-state index in [1.807, 2.05) is 0 Å². The molecule has 98 valence electrons. The number of ether oxygens (including phenoxy) is 2. The van der Waals surface area contributed by atoms with Crippen molar-refractivity contribution < 1.29 is 29.3 Å². The zero-order valence-electron chi connectivity index (χ0n) is 9.83. The van der Waals surface area contributed by atoms with Crippen LogP contribution >= 0.6 is 0 Å². The van der Waals surface area contributed by atoms with Gasteiger partial charge in [0.15, 0.2) is 6.10 Å². The molecule has 1 atom stereocenters. The number of hydrogen-bond acceptors (Lipinski definition) is 4. The molecule has 18 heavy (non-hydrogen) atoms. The molecule has 1 rings (SSSR count). The molecule has 0 fully saturated rings. The molecule has 0 aliphatic carbocycles. The number of carboxylic acid groups (broad SMARTS) is 2. The van der Waals surface area contributed by atoms with Crippen molar-refractivity contribution in [3.05, 3.63) is 24.3 Å². The first-order valence-electron chi connectivity index (χ1n) is 5.33. The zero-order valence-corrected chi connectivity index (χ0v) is 9.83. The first-order valence-corrected chi connectivity index (χ1v) is 5.33. The summed E-state index contributed by atoms with van der Waals surface area (Å²) in [6, 6.07) is 6.31. The summed E-state index contributed by atoms with van der Waals surface area (Å²) < 4.78 is 10.3. The summed E-state index contributed by atoms with van der Waals surface area (Å²) in [6.07, 6.45) is -1.00. The van der Waals surface area contributed by atoms with Gasteiger partial charge in [0.05, 0.1) is 13.0 Å². The summed E-state index contributed by atoms with van der Waals surface area (Å²) in [5.41, 5.74) is 0. The van der Waals surface area contributed by atoms with Gasteiger partial charge in [0.2, 0.25) is 0 Å². The van der Waals surface area contributed by atoms with Gasteiger partial charge < -0.3 is 19.7 Å².